The zero-order valence-corrected chi connectivity index (χ0v) is 9.66. The SMILES string of the molecule is CN(CCO)c1ccc(S(C)(=O)=O)cc1. The Hall–Kier alpha value is -1.07. The minimum atomic E-state index is -3.13. The van der Waals surface area contributed by atoms with Crippen LogP contribution in [-0.4, -0.2) is 40.0 Å². The summed E-state index contributed by atoms with van der Waals surface area (Å²) < 4.78 is 22.4. The molecule has 0 aliphatic carbocycles. The Morgan fingerprint density at radius 3 is 2.20 bits per heavy atom. The molecule has 0 fully saturated rings. The van der Waals surface area contributed by atoms with Crippen molar-refractivity contribution < 1.29 is 13.5 Å². The van der Waals surface area contributed by atoms with Gasteiger partial charge >= 0.3 is 0 Å². The first-order valence-corrected chi connectivity index (χ1v) is 6.46. The van der Waals surface area contributed by atoms with Gasteiger partial charge in [0.2, 0.25) is 0 Å². The lowest BCUT2D eigenvalue weighted by Crippen LogP contribution is -2.20. The monoisotopic (exact) mass is 229 g/mol. The quantitative estimate of drug-likeness (QED) is 0.817. The predicted molar refractivity (Wildman–Crippen MR) is 59.9 cm³/mol. The third kappa shape index (κ3) is 3.21. The molecule has 1 rings (SSSR count). The van der Waals surface area contributed by atoms with Gasteiger partial charge in [0.15, 0.2) is 9.84 Å². The highest BCUT2D eigenvalue weighted by Gasteiger charge is 2.07. The van der Waals surface area contributed by atoms with Crippen LogP contribution in [0.5, 0.6) is 0 Å². The molecule has 0 unspecified atom stereocenters. The molecule has 1 aromatic rings. The van der Waals surface area contributed by atoms with Gasteiger partial charge in [-0.3, -0.25) is 0 Å². The highest BCUT2D eigenvalue weighted by molar-refractivity contribution is 7.90. The maximum atomic E-state index is 11.2. The average molecular weight is 229 g/mol. The molecule has 0 aromatic heterocycles. The Morgan fingerprint density at radius 1 is 1.27 bits per heavy atom. The van der Waals surface area contributed by atoms with Crippen LogP contribution in [0.4, 0.5) is 5.69 Å². The van der Waals surface area contributed by atoms with Crippen LogP contribution in [-0.2, 0) is 9.84 Å². The van der Waals surface area contributed by atoms with E-state index in [2.05, 4.69) is 0 Å². The minimum Gasteiger partial charge on any atom is -0.395 e. The van der Waals surface area contributed by atoms with E-state index in [4.69, 9.17) is 5.11 Å². The number of sulfone groups is 1. The van der Waals surface area contributed by atoms with Crippen molar-refractivity contribution in [1.29, 1.82) is 0 Å². The Kier molecular flexibility index (Phi) is 3.71. The largest absolute Gasteiger partial charge is 0.395 e. The Balaban J connectivity index is 2.90. The van der Waals surface area contributed by atoms with E-state index < -0.39 is 9.84 Å². The van der Waals surface area contributed by atoms with E-state index in [-0.39, 0.29) is 6.61 Å². The molecule has 0 amide bonds. The van der Waals surface area contributed by atoms with Gasteiger partial charge in [0, 0.05) is 25.5 Å². The average Bonchev–Trinajstić information content (AvgIpc) is 2.17. The predicted octanol–water partition coefficient (Wildman–Crippen LogP) is 0.519. The van der Waals surface area contributed by atoms with E-state index in [1.165, 1.54) is 6.26 Å². The first kappa shape index (κ1) is 12.0. The normalized spacial score (nSPS) is 11.4. The van der Waals surface area contributed by atoms with Gasteiger partial charge in [-0.2, -0.15) is 0 Å². The highest BCUT2D eigenvalue weighted by Crippen LogP contribution is 2.16. The van der Waals surface area contributed by atoms with Crippen LogP contribution in [0.15, 0.2) is 29.2 Å². The van der Waals surface area contributed by atoms with Crippen molar-refractivity contribution >= 4 is 15.5 Å². The number of likely N-dealkylation sites (N-methyl/N-ethyl adjacent to an activating group) is 1. The van der Waals surface area contributed by atoms with Crippen molar-refractivity contribution in [2.24, 2.45) is 0 Å². The molecular weight excluding hydrogens is 214 g/mol. The lowest BCUT2D eigenvalue weighted by atomic mass is 10.3. The molecule has 1 aromatic carbocycles. The third-order valence-electron chi connectivity index (χ3n) is 2.14. The van der Waals surface area contributed by atoms with Gasteiger partial charge in [-0.15, -0.1) is 0 Å². The van der Waals surface area contributed by atoms with Crippen molar-refractivity contribution in [3.8, 4) is 0 Å². The van der Waals surface area contributed by atoms with E-state index in [9.17, 15) is 8.42 Å². The van der Waals surface area contributed by atoms with Crippen LogP contribution in [0.25, 0.3) is 0 Å². The zero-order chi connectivity index (χ0) is 11.5. The summed E-state index contributed by atoms with van der Waals surface area (Å²) in [6.07, 6.45) is 1.18. The molecule has 0 spiro atoms. The van der Waals surface area contributed by atoms with E-state index in [1.54, 1.807) is 24.3 Å². The zero-order valence-electron chi connectivity index (χ0n) is 8.84. The summed E-state index contributed by atoms with van der Waals surface area (Å²) in [6.45, 7) is 0.600. The van der Waals surface area contributed by atoms with E-state index in [0.717, 1.165) is 5.69 Å². The van der Waals surface area contributed by atoms with Gasteiger partial charge in [0.05, 0.1) is 11.5 Å². The fraction of sp³-hybridized carbons (Fsp3) is 0.400. The van der Waals surface area contributed by atoms with Crippen LogP contribution in [0.3, 0.4) is 0 Å². The van der Waals surface area contributed by atoms with Crippen LogP contribution in [0, 0.1) is 0 Å². The van der Waals surface area contributed by atoms with Crippen LogP contribution < -0.4 is 4.90 Å². The van der Waals surface area contributed by atoms with Crippen molar-refractivity contribution in [2.75, 3.05) is 31.4 Å². The highest BCUT2D eigenvalue weighted by atomic mass is 32.2. The van der Waals surface area contributed by atoms with E-state index in [1.807, 2.05) is 11.9 Å². The molecule has 0 atom stereocenters. The number of aliphatic hydroxyl groups excluding tert-OH is 1. The van der Waals surface area contributed by atoms with Crippen molar-refractivity contribution in [3.63, 3.8) is 0 Å². The molecule has 1 N–H and O–H groups in total. The number of anilines is 1. The van der Waals surface area contributed by atoms with Crippen LogP contribution >= 0.6 is 0 Å². The van der Waals surface area contributed by atoms with Gasteiger partial charge in [0.25, 0.3) is 0 Å². The van der Waals surface area contributed by atoms with Crippen LogP contribution in [0.2, 0.25) is 0 Å². The second-order valence-electron chi connectivity index (χ2n) is 3.41. The van der Waals surface area contributed by atoms with Gasteiger partial charge in [-0.1, -0.05) is 0 Å². The second-order valence-corrected chi connectivity index (χ2v) is 5.43. The molecular formula is C10H15NO3S. The maximum Gasteiger partial charge on any atom is 0.175 e. The summed E-state index contributed by atoms with van der Waals surface area (Å²) in [5.74, 6) is 0. The number of hydrogen-bond donors (Lipinski definition) is 1. The third-order valence-corrected chi connectivity index (χ3v) is 3.27. The molecule has 0 aliphatic heterocycles. The topological polar surface area (TPSA) is 57.6 Å². The molecule has 4 nitrogen and oxygen atoms in total. The molecule has 0 saturated heterocycles. The summed E-state index contributed by atoms with van der Waals surface area (Å²) in [5, 5.41) is 8.74. The molecule has 0 heterocycles. The molecule has 84 valence electrons. The summed E-state index contributed by atoms with van der Waals surface area (Å²) in [4.78, 5) is 2.16. The number of aliphatic hydroxyl groups is 1. The first-order valence-electron chi connectivity index (χ1n) is 4.57. The van der Waals surface area contributed by atoms with E-state index in [0.29, 0.717) is 11.4 Å². The molecule has 0 saturated carbocycles. The lowest BCUT2D eigenvalue weighted by molar-refractivity contribution is 0.304. The van der Waals surface area contributed by atoms with Crippen molar-refractivity contribution in [2.45, 2.75) is 4.90 Å². The number of rotatable bonds is 4. The lowest BCUT2D eigenvalue weighted by Gasteiger charge is -2.17. The van der Waals surface area contributed by atoms with Crippen molar-refractivity contribution in [1.82, 2.24) is 0 Å². The number of nitrogens with zero attached hydrogens (tertiary/aromatic N) is 1. The maximum absolute atomic E-state index is 11.2. The van der Waals surface area contributed by atoms with Gasteiger partial charge < -0.3 is 10.0 Å². The fourth-order valence-electron chi connectivity index (χ4n) is 1.23. The first-order chi connectivity index (χ1) is 6.95. The molecule has 0 aliphatic rings. The molecule has 5 heteroatoms. The van der Waals surface area contributed by atoms with E-state index >= 15 is 0 Å². The smallest absolute Gasteiger partial charge is 0.175 e. The number of benzene rings is 1. The van der Waals surface area contributed by atoms with Gasteiger partial charge in [0.1, 0.15) is 0 Å². The number of hydrogen-bond acceptors (Lipinski definition) is 4. The second kappa shape index (κ2) is 4.63. The van der Waals surface area contributed by atoms with Gasteiger partial charge in [-0.25, -0.2) is 8.42 Å². The Morgan fingerprint density at radius 2 is 1.80 bits per heavy atom. The standard InChI is InChI=1S/C10H15NO3S/c1-11(7-8-12)9-3-5-10(6-4-9)15(2,13)14/h3-6,12H,7-8H2,1-2H3. The summed E-state index contributed by atoms with van der Waals surface area (Å²) in [5.41, 5.74) is 0.886. The molecule has 0 radical (unpaired) electrons. The fourth-order valence-corrected chi connectivity index (χ4v) is 1.86. The van der Waals surface area contributed by atoms with Gasteiger partial charge in [-0.05, 0) is 24.3 Å². The molecule has 0 bridgehead atoms. The summed E-state index contributed by atoms with van der Waals surface area (Å²) in [7, 11) is -1.29. The minimum absolute atomic E-state index is 0.0737. The Bertz CT molecular complexity index is 411. The van der Waals surface area contributed by atoms with Crippen molar-refractivity contribution in [3.05, 3.63) is 24.3 Å². The summed E-state index contributed by atoms with van der Waals surface area (Å²) in [6, 6.07) is 6.59. The summed E-state index contributed by atoms with van der Waals surface area (Å²) >= 11 is 0. The molecule has 15 heavy (non-hydrogen) atoms. The Labute approximate surface area is 90.1 Å². The van der Waals surface area contributed by atoms with Crippen LogP contribution in [0.1, 0.15) is 0 Å².